The number of carbonyl (C=O) groups is 1. The number of hydrogen-bond donors (Lipinski definition) is 2. The van der Waals surface area contributed by atoms with E-state index in [4.69, 9.17) is 4.74 Å². The minimum absolute atomic E-state index is 0.260. The fourth-order valence-corrected chi connectivity index (χ4v) is 2.67. The van der Waals surface area contributed by atoms with E-state index in [2.05, 4.69) is 20.8 Å². The molecule has 6 heteroatoms. The Labute approximate surface area is 158 Å². The molecule has 0 saturated carbocycles. The molecule has 0 aliphatic carbocycles. The highest BCUT2D eigenvalue weighted by atomic mass is 16.5. The lowest BCUT2D eigenvalue weighted by Crippen LogP contribution is -2.24. The number of amides is 1. The van der Waals surface area contributed by atoms with E-state index in [0.717, 1.165) is 22.4 Å². The number of aromatic nitrogens is 2. The lowest BCUT2D eigenvalue weighted by Gasteiger charge is -2.11. The molecule has 1 amide bonds. The number of rotatable bonds is 6. The van der Waals surface area contributed by atoms with Gasteiger partial charge in [-0.05, 0) is 49.2 Å². The van der Waals surface area contributed by atoms with E-state index in [1.54, 1.807) is 19.2 Å². The number of aryl methyl sites for hydroxylation is 2. The van der Waals surface area contributed by atoms with Crippen LogP contribution in [0.15, 0.2) is 54.6 Å². The van der Waals surface area contributed by atoms with Crippen molar-refractivity contribution in [3.63, 3.8) is 0 Å². The van der Waals surface area contributed by atoms with Gasteiger partial charge in [-0.1, -0.05) is 35.9 Å². The van der Waals surface area contributed by atoms with Crippen LogP contribution in [0.2, 0.25) is 0 Å². The summed E-state index contributed by atoms with van der Waals surface area (Å²) in [6.45, 7) is 4.46. The van der Waals surface area contributed by atoms with Crippen molar-refractivity contribution in [2.45, 2.75) is 20.4 Å². The van der Waals surface area contributed by atoms with Crippen molar-refractivity contribution in [2.75, 3.05) is 12.4 Å². The van der Waals surface area contributed by atoms with E-state index in [9.17, 15) is 4.79 Å². The molecule has 0 bridgehead atoms. The van der Waals surface area contributed by atoms with E-state index in [1.165, 1.54) is 0 Å². The second-order valence-electron chi connectivity index (χ2n) is 6.30. The molecular formula is C21H22N4O2. The maximum Gasteiger partial charge on any atom is 0.272 e. The van der Waals surface area contributed by atoms with Gasteiger partial charge < -0.3 is 15.4 Å². The topological polar surface area (TPSA) is 76.1 Å². The first-order chi connectivity index (χ1) is 13.0. The Morgan fingerprint density at radius 1 is 1.00 bits per heavy atom. The summed E-state index contributed by atoms with van der Waals surface area (Å²) in [5, 5.41) is 14.1. The highest BCUT2D eigenvalue weighted by Crippen LogP contribution is 2.27. The SMILES string of the molecule is COc1ccc(C)cc1Nc1ccc(C(=O)NCc2cccc(C)c2)nn1. The van der Waals surface area contributed by atoms with Gasteiger partial charge in [0.1, 0.15) is 5.75 Å². The average Bonchev–Trinajstić information content (AvgIpc) is 2.67. The Bertz CT molecular complexity index is 939. The number of nitrogens with zero attached hydrogens (tertiary/aromatic N) is 2. The Kier molecular flexibility index (Phi) is 5.66. The molecule has 27 heavy (non-hydrogen) atoms. The molecule has 1 heterocycles. The van der Waals surface area contributed by atoms with Crippen LogP contribution >= 0.6 is 0 Å². The van der Waals surface area contributed by atoms with E-state index < -0.39 is 0 Å². The number of methoxy groups -OCH3 is 1. The predicted octanol–water partition coefficient (Wildman–Crippen LogP) is 3.78. The fourth-order valence-electron chi connectivity index (χ4n) is 2.67. The van der Waals surface area contributed by atoms with Crippen LogP contribution < -0.4 is 15.4 Å². The van der Waals surface area contributed by atoms with Crippen LogP contribution in [-0.4, -0.2) is 23.2 Å². The third-order valence-electron chi connectivity index (χ3n) is 4.05. The number of ether oxygens (including phenoxy) is 1. The van der Waals surface area contributed by atoms with Crippen molar-refractivity contribution in [1.29, 1.82) is 0 Å². The first-order valence-corrected chi connectivity index (χ1v) is 8.64. The summed E-state index contributed by atoms with van der Waals surface area (Å²) in [6.07, 6.45) is 0. The summed E-state index contributed by atoms with van der Waals surface area (Å²) >= 11 is 0. The molecule has 0 aliphatic rings. The first kappa shape index (κ1) is 18.4. The van der Waals surface area contributed by atoms with Crippen LogP contribution in [0.3, 0.4) is 0 Å². The molecule has 0 aliphatic heterocycles. The lowest BCUT2D eigenvalue weighted by atomic mass is 10.1. The molecule has 0 unspecified atom stereocenters. The largest absolute Gasteiger partial charge is 0.495 e. The minimum Gasteiger partial charge on any atom is -0.495 e. The molecule has 138 valence electrons. The normalized spacial score (nSPS) is 10.3. The van der Waals surface area contributed by atoms with Crippen LogP contribution in [0.1, 0.15) is 27.2 Å². The van der Waals surface area contributed by atoms with Gasteiger partial charge in [-0.3, -0.25) is 4.79 Å². The van der Waals surface area contributed by atoms with Crippen LogP contribution in [-0.2, 0) is 6.54 Å². The molecule has 3 aromatic rings. The first-order valence-electron chi connectivity index (χ1n) is 8.64. The summed E-state index contributed by atoms with van der Waals surface area (Å²) in [7, 11) is 1.61. The highest BCUT2D eigenvalue weighted by Gasteiger charge is 2.09. The molecule has 3 rings (SSSR count). The van der Waals surface area contributed by atoms with Crippen molar-refractivity contribution in [3.05, 3.63) is 77.0 Å². The van der Waals surface area contributed by atoms with Crippen LogP contribution in [0.4, 0.5) is 11.5 Å². The van der Waals surface area contributed by atoms with Gasteiger partial charge in [0.05, 0.1) is 12.8 Å². The summed E-state index contributed by atoms with van der Waals surface area (Å²) in [6, 6.07) is 17.2. The van der Waals surface area contributed by atoms with Gasteiger partial charge in [0, 0.05) is 6.54 Å². The van der Waals surface area contributed by atoms with Gasteiger partial charge in [0.2, 0.25) is 0 Å². The average molecular weight is 362 g/mol. The second-order valence-corrected chi connectivity index (χ2v) is 6.30. The van der Waals surface area contributed by atoms with Gasteiger partial charge in [-0.15, -0.1) is 10.2 Å². The second kappa shape index (κ2) is 8.31. The maximum absolute atomic E-state index is 12.3. The molecule has 2 aromatic carbocycles. The van der Waals surface area contributed by atoms with Gasteiger partial charge in [-0.2, -0.15) is 0 Å². The predicted molar refractivity (Wildman–Crippen MR) is 105 cm³/mol. The summed E-state index contributed by atoms with van der Waals surface area (Å²) in [5.41, 5.74) is 4.36. The highest BCUT2D eigenvalue weighted by molar-refractivity contribution is 5.92. The van der Waals surface area contributed by atoms with Gasteiger partial charge in [0.15, 0.2) is 11.5 Å². The smallest absolute Gasteiger partial charge is 0.272 e. The zero-order chi connectivity index (χ0) is 19.2. The Hall–Kier alpha value is -3.41. The Balaban J connectivity index is 1.64. The molecule has 1 aromatic heterocycles. The quantitative estimate of drug-likeness (QED) is 0.698. The molecule has 0 fully saturated rings. The molecule has 0 spiro atoms. The van der Waals surface area contributed by atoms with E-state index in [1.807, 2.05) is 56.3 Å². The van der Waals surface area contributed by atoms with E-state index in [0.29, 0.717) is 18.1 Å². The molecule has 0 atom stereocenters. The number of nitrogens with one attached hydrogen (secondary N) is 2. The van der Waals surface area contributed by atoms with Crippen molar-refractivity contribution in [1.82, 2.24) is 15.5 Å². The summed E-state index contributed by atoms with van der Waals surface area (Å²) in [5.74, 6) is 0.986. The van der Waals surface area contributed by atoms with Crippen molar-refractivity contribution < 1.29 is 9.53 Å². The zero-order valence-corrected chi connectivity index (χ0v) is 15.6. The van der Waals surface area contributed by atoms with Crippen LogP contribution in [0.25, 0.3) is 0 Å². The van der Waals surface area contributed by atoms with Crippen molar-refractivity contribution >= 4 is 17.4 Å². The molecule has 0 radical (unpaired) electrons. The monoisotopic (exact) mass is 362 g/mol. The summed E-state index contributed by atoms with van der Waals surface area (Å²) < 4.78 is 5.34. The molecule has 6 nitrogen and oxygen atoms in total. The molecule has 0 saturated heterocycles. The maximum atomic E-state index is 12.3. The van der Waals surface area contributed by atoms with Gasteiger partial charge in [-0.25, -0.2) is 0 Å². The zero-order valence-electron chi connectivity index (χ0n) is 15.6. The Morgan fingerprint density at radius 2 is 1.81 bits per heavy atom. The fraction of sp³-hybridized carbons (Fsp3) is 0.190. The molecular weight excluding hydrogens is 340 g/mol. The lowest BCUT2D eigenvalue weighted by molar-refractivity contribution is 0.0945. The van der Waals surface area contributed by atoms with Crippen LogP contribution in [0, 0.1) is 13.8 Å². The van der Waals surface area contributed by atoms with Gasteiger partial charge in [0.25, 0.3) is 5.91 Å². The number of benzene rings is 2. The Morgan fingerprint density at radius 3 is 2.52 bits per heavy atom. The van der Waals surface area contributed by atoms with Crippen LogP contribution in [0.5, 0.6) is 5.75 Å². The summed E-state index contributed by atoms with van der Waals surface area (Å²) in [4.78, 5) is 12.3. The third-order valence-corrected chi connectivity index (χ3v) is 4.05. The minimum atomic E-state index is -0.260. The number of anilines is 2. The number of carbonyl (C=O) groups excluding carboxylic acids is 1. The van der Waals surface area contributed by atoms with Crippen molar-refractivity contribution in [3.8, 4) is 5.75 Å². The standard InChI is InChI=1S/C21H22N4O2/c1-14-5-4-6-16(11-14)13-22-21(26)17-8-10-20(25-24-17)23-18-12-15(2)7-9-19(18)27-3/h4-12H,13H2,1-3H3,(H,22,26)(H,23,25). The molecule has 2 N–H and O–H groups in total. The van der Waals surface area contributed by atoms with Gasteiger partial charge >= 0.3 is 0 Å². The number of hydrogen-bond acceptors (Lipinski definition) is 5. The van der Waals surface area contributed by atoms with E-state index >= 15 is 0 Å². The third kappa shape index (κ3) is 4.82. The van der Waals surface area contributed by atoms with Crippen molar-refractivity contribution in [2.24, 2.45) is 0 Å². The van der Waals surface area contributed by atoms with E-state index in [-0.39, 0.29) is 11.6 Å².